The van der Waals surface area contributed by atoms with Crippen LogP contribution >= 0.6 is 11.8 Å². The summed E-state index contributed by atoms with van der Waals surface area (Å²) in [5.74, 6) is 0.310. The molecule has 0 aromatic heterocycles. The van der Waals surface area contributed by atoms with Gasteiger partial charge in [-0.15, -0.1) is 11.8 Å². The third-order valence-electron chi connectivity index (χ3n) is 5.77. The minimum absolute atomic E-state index is 0.202. The number of aliphatic hydroxyl groups excluding tert-OH is 2. The van der Waals surface area contributed by atoms with Gasteiger partial charge >= 0.3 is 11.9 Å². The number of carbonyl (C=O) groups is 2. The molecular weight excluding hydrogens is 452 g/mol. The molecule has 0 fully saturated rings. The number of aliphatic hydroxyl groups is 2. The van der Waals surface area contributed by atoms with Crippen molar-refractivity contribution < 1.29 is 29.3 Å². The van der Waals surface area contributed by atoms with E-state index in [9.17, 15) is 19.8 Å². The first kappa shape index (κ1) is 28.1. The maximum Gasteiger partial charge on any atom is 0.343 e. The number of hydrogen-bond donors (Lipinski definition) is 2. The van der Waals surface area contributed by atoms with Crippen molar-refractivity contribution >= 4 is 23.7 Å². The maximum atomic E-state index is 12.6. The summed E-state index contributed by atoms with van der Waals surface area (Å²) in [6.45, 7) is 2.12. The fourth-order valence-electron chi connectivity index (χ4n) is 3.79. The fraction of sp³-hybridized carbons (Fsp3) is 0.556. The zero-order chi connectivity index (χ0) is 24.8. The monoisotopic (exact) mass is 490 g/mol. The van der Waals surface area contributed by atoms with Gasteiger partial charge < -0.3 is 19.7 Å². The third kappa shape index (κ3) is 9.65. The summed E-state index contributed by atoms with van der Waals surface area (Å²) in [6, 6.07) is 8.80. The van der Waals surface area contributed by atoms with Crippen molar-refractivity contribution in [2.24, 2.45) is 5.92 Å². The van der Waals surface area contributed by atoms with Crippen LogP contribution in [0.25, 0.3) is 0 Å². The SMILES string of the molecule is CCCCC[C@H](O)C=C[C@@H]1C(SCCCCCC(=O)OC)=C(OC(=O)c2ccccc2)C[C@H]1O. The molecule has 34 heavy (non-hydrogen) atoms. The predicted molar refractivity (Wildman–Crippen MR) is 135 cm³/mol. The Balaban J connectivity index is 2.05. The van der Waals surface area contributed by atoms with Crippen LogP contribution in [0.4, 0.5) is 0 Å². The second-order valence-corrected chi connectivity index (χ2v) is 9.66. The molecule has 2 N–H and O–H groups in total. The molecule has 0 spiro atoms. The minimum atomic E-state index is -0.709. The summed E-state index contributed by atoms with van der Waals surface area (Å²) in [5.41, 5.74) is 0.460. The quantitative estimate of drug-likeness (QED) is 0.193. The van der Waals surface area contributed by atoms with Gasteiger partial charge in [-0.2, -0.15) is 0 Å². The summed E-state index contributed by atoms with van der Waals surface area (Å²) < 4.78 is 10.4. The van der Waals surface area contributed by atoms with E-state index in [4.69, 9.17) is 4.74 Å². The van der Waals surface area contributed by atoms with Crippen molar-refractivity contribution in [2.75, 3.05) is 12.9 Å². The van der Waals surface area contributed by atoms with Crippen molar-refractivity contribution in [3.63, 3.8) is 0 Å². The lowest BCUT2D eigenvalue weighted by atomic mass is 10.0. The van der Waals surface area contributed by atoms with Gasteiger partial charge in [0.2, 0.25) is 0 Å². The number of methoxy groups -OCH3 is 1. The molecule has 0 saturated carbocycles. The molecule has 2 rings (SSSR count). The summed E-state index contributed by atoms with van der Waals surface area (Å²) in [6.07, 6.45) is 9.35. The predicted octanol–water partition coefficient (Wildman–Crippen LogP) is 5.40. The largest absolute Gasteiger partial charge is 0.469 e. The van der Waals surface area contributed by atoms with E-state index in [0.29, 0.717) is 24.2 Å². The van der Waals surface area contributed by atoms with Crippen LogP contribution in [-0.2, 0) is 14.3 Å². The van der Waals surface area contributed by atoms with E-state index in [2.05, 4.69) is 11.7 Å². The third-order valence-corrected chi connectivity index (χ3v) is 7.07. The number of ether oxygens (including phenoxy) is 2. The van der Waals surface area contributed by atoms with Gasteiger partial charge in [0.15, 0.2) is 0 Å². The highest BCUT2D eigenvalue weighted by Crippen LogP contribution is 2.41. The Morgan fingerprint density at radius 2 is 1.91 bits per heavy atom. The maximum absolute atomic E-state index is 12.6. The highest BCUT2D eigenvalue weighted by Gasteiger charge is 2.34. The standard InChI is InChI=1S/C27H38O6S/c1-3-4-7-14-21(28)16-17-22-23(29)19-24(33-27(31)20-12-8-5-9-13-20)26(22)34-18-11-6-10-15-25(30)32-2/h5,8-9,12-13,16-17,21-23,28-29H,3-4,6-7,10-11,14-15,18-19H2,1-2H3/t21-,22-,23+/m0/s1. The highest BCUT2D eigenvalue weighted by atomic mass is 32.2. The van der Waals surface area contributed by atoms with Gasteiger partial charge in [0.05, 0.1) is 24.9 Å². The van der Waals surface area contributed by atoms with Crippen molar-refractivity contribution in [2.45, 2.75) is 76.9 Å². The number of carbonyl (C=O) groups excluding carboxylic acids is 2. The molecule has 7 heteroatoms. The second kappa shape index (κ2) is 15.7. The first-order valence-electron chi connectivity index (χ1n) is 12.2. The molecule has 0 radical (unpaired) electrons. The van der Waals surface area contributed by atoms with Gasteiger partial charge in [-0.1, -0.05) is 63.0 Å². The van der Waals surface area contributed by atoms with E-state index in [0.717, 1.165) is 49.2 Å². The average Bonchev–Trinajstić information content (AvgIpc) is 3.13. The lowest BCUT2D eigenvalue weighted by molar-refractivity contribution is -0.140. The Hall–Kier alpha value is -2.09. The number of rotatable bonds is 15. The summed E-state index contributed by atoms with van der Waals surface area (Å²) >= 11 is 1.57. The number of esters is 2. The highest BCUT2D eigenvalue weighted by molar-refractivity contribution is 8.03. The lowest BCUT2D eigenvalue weighted by Crippen LogP contribution is -2.14. The van der Waals surface area contributed by atoms with Gasteiger partial charge in [-0.3, -0.25) is 4.79 Å². The van der Waals surface area contributed by atoms with Crippen LogP contribution in [0, 0.1) is 5.92 Å². The lowest BCUT2D eigenvalue weighted by Gasteiger charge is -2.15. The molecular formula is C27H38O6S. The van der Waals surface area contributed by atoms with E-state index in [-0.39, 0.29) is 18.3 Å². The zero-order valence-electron chi connectivity index (χ0n) is 20.3. The van der Waals surface area contributed by atoms with Crippen LogP contribution < -0.4 is 0 Å². The Kier molecular flexibility index (Phi) is 13.0. The van der Waals surface area contributed by atoms with Crippen LogP contribution in [-0.4, -0.2) is 47.2 Å². The van der Waals surface area contributed by atoms with E-state index in [1.807, 2.05) is 12.1 Å². The van der Waals surface area contributed by atoms with Crippen molar-refractivity contribution in [3.8, 4) is 0 Å². The number of thioether (sulfide) groups is 1. The molecule has 0 heterocycles. The molecule has 0 saturated heterocycles. The fourth-order valence-corrected chi connectivity index (χ4v) is 5.07. The van der Waals surface area contributed by atoms with Crippen LogP contribution in [0.5, 0.6) is 0 Å². The summed E-state index contributed by atoms with van der Waals surface area (Å²) in [7, 11) is 1.39. The van der Waals surface area contributed by atoms with E-state index >= 15 is 0 Å². The molecule has 0 amide bonds. The Morgan fingerprint density at radius 3 is 2.62 bits per heavy atom. The molecule has 1 aliphatic carbocycles. The number of hydrogen-bond acceptors (Lipinski definition) is 7. The first-order valence-corrected chi connectivity index (χ1v) is 13.2. The molecule has 1 aromatic rings. The topological polar surface area (TPSA) is 93.1 Å². The average molecular weight is 491 g/mol. The molecule has 1 aliphatic rings. The van der Waals surface area contributed by atoms with Gasteiger partial charge in [0.1, 0.15) is 5.76 Å². The van der Waals surface area contributed by atoms with Crippen LogP contribution in [0.15, 0.2) is 53.1 Å². The smallest absolute Gasteiger partial charge is 0.343 e. The van der Waals surface area contributed by atoms with E-state index < -0.39 is 18.2 Å². The van der Waals surface area contributed by atoms with Crippen LogP contribution in [0.2, 0.25) is 0 Å². The van der Waals surface area contributed by atoms with Crippen LogP contribution in [0.3, 0.4) is 0 Å². The zero-order valence-corrected chi connectivity index (χ0v) is 21.1. The first-order chi connectivity index (χ1) is 16.5. The summed E-state index contributed by atoms with van der Waals surface area (Å²) in [5, 5.41) is 21.0. The van der Waals surface area contributed by atoms with Crippen molar-refractivity contribution in [1.29, 1.82) is 0 Å². The molecule has 0 bridgehead atoms. The van der Waals surface area contributed by atoms with Crippen molar-refractivity contribution in [3.05, 3.63) is 58.7 Å². The van der Waals surface area contributed by atoms with Gasteiger partial charge in [-0.05, 0) is 37.1 Å². The second-order valence-electron chi connectivity index (χ2n) is 8.52. The molecule has 0 unspecified atom stereocenters. The normalized spacial score (nSPS) is 18.9. The molecule has 0 aliphatic heterocycles. The van der Waals surface area contributed by atoms with E-state index in [1.54, 1.807) is 42.1 Å². The van der Waals surface area contributed by atoms with E-state index in [1.165, 1.54) is 7.11 Å². The van der Waals surface area contributed by atoms with Crippen molar-refractivity contribution in [1.82, 2.24) is 0 Å². The van der Waals surface area contributed by atoms with Crippen LogP contribution in [0.1, 0.15) is 75.1 Å². The molecule has 188 valence electrons. The van der Waals surface area contributed by atoms with Gasteiger partial charge in [-0.25, -0.2) is 4.79 Å². The molecule has 6 nitrogen and oxygen atoms in total. The Bertz CT molecular complexity index is 820. The Morgan fingerprint density at radius 1 is 1.15 bits per heavy atom. The minimum Gasteiger partial charge on any atom is -0.469 e. The molecule has 3 atom stereocenters. The van der Waals surface area contributed by atoms with Gasteiger partial charge in [0.25, 0.3) is 0 Å². The molecule has 1 aromatic carbocycles. The number of unbranched alkanes of at least 4 members (excludes halogenated alkanes) is 4. The Labute approximate surface area is 207 Å². The van der Waals surface area contributed by atoms with Gasteiger partial charge in [0, 0.05) is 23.7 Å². The number of benzene rings is 1. The summed E-state index contributed by atoms with van der Waals surface area (Å²) in [4.78, 5) is 24.7.